The van der Waals surface area contributed by atoms with Crippen LogP contribution < -0.4 is 4.72 Å². The van der Waals surface area contributed by atoms with Gasteiger partial charge in [-0.25, -0.2) is 0 Å². The second-order valence-electron chi connectivity index (χ2n) is 4.66. The average Bonchev–Trinajstić information content (AvgIpc) is 2.43. The third kappa shape index (κ3) is 2.51. The van der Waals surface area contributed by atoms with Crippen LogP contribution in [0.2, 0.25) is 0 Å². The Kier molecular flexibility index (Phi) is 3.92. The van der Waals surface area contributed by atoms with Crippen LogP contribution in [-0.4, -0.2) is 12.9 Å². The van der Waals surface area contributed by atoms with Crippen molar-refractivity contribution in [2.24, 2.45) is 4.99 Å². The van der Waals surface area contributed by atoms with Crippen molar-refractivity contribution >= 4 is 18.7 Å². The summed E-state index contributed by atoms with van der Waals surface area (Å²) in [5, 5.41) is 0. The van der Waals surface area contributed by atoms with Gasteiger partial charge in [0.15, 0.2) is 0 Å². The first-order valence-corrected chi connectivity index (χ1v) is 6.46. The van der Waals surface area contributed by atoms with Gasteiger partial charge in [-0.2, -0.15) is 0 Å². The highest BCUT2D eigenvalue weighted by Gasteiger charge is 2.25. The van der Waals surface area contributed by atoms with Crippen molar-refractivity contribution in [2.45, 2.75) is 18.8 Å². The van der Waals surface area contributed by atoms with Crippen molar-refractivity contribution in [2.75, 3.05) is 7.05 Å². The van der Waals surface area contributed by atoms with Crippen LogP contribution in [0.3, 0.4) is 0 Å². The van der Waals surface area contributed by atoms with Gasteiger partial charge in [0.05, 0.1) is 0 Å². The van der Waals surface area contributed by atoms with E-state index in [1.54, 1.807) is 7.05 Å². The summed E-state index contributed by atoms with van der Waals surface area (Å²) in [7, 11) is 1.76. The number of rotatable bonds is 2. The highest BCUT2D eigenvalue weighted by Crippen LogP contribution is 2.33. The molecule has 2 rings (SSSR count). The Morgan fingerprint density at radius 2 is 2.06 bits per heavy atom. The minimum Gasteiger partial charge on any atom is -0.317 e. The second kappa shape index (κ2) is 5.44. The highest BCUT2D eigenvalue weighted by atomic mass is 32.1. The number of nitrogens with zero attached hydrogens (tertiary/aromatic N) is 1. The molecule has 0 saturated carbocycles. The third-order valence-electron chi connectivity index (χ3n) is 3.41. The third-order valence-corrected chi connectivity index (χ3v) is 3.62. The molecule has 1 aliphatic rings. The lowest BCUT2D eigenvalue weighted by Crippen LogP contribution is -2.23. The molecule has 0 aliphatic heterocycles. The SMILES string of the molecule is CN=C(NS)C1=CCC(C)(c2ccccc2)C=C1. The average molecular weight is 258 g/mol. The van der Waals surface area contributed by atoms with Gasteiger partial charge in [0.1, 0.15) is 5.84 Å². The monoisotopic (exact) mass is 258 g/mol. The minimum atomic E-state index is 0.0697. The van der Waals surface area contributed by atoms with Crippen molar-refractivity contribution in [1.29, 1.82) is 0 Å². The standard InChI is InChI=1S/C15H18N2S/c1-15(13-6-4-3-5-7-13)10-8-12(9-11-15)14(16-2)17-18/h3-10,18H,11H2,1-2H3,(H,16,17). The molecule has 0 aromatic heterocycles. The summed E-state index contributed by atoms with van der Waals surface area (Å²) in [5.41, 5.74) is 2.51. The van der Waals surface area contributed by atoms with Crippen LogP contribution in [0.25, 0.3) is 0 Å². The van der Waals surface area contributed by atoms with Gasteiger partial charge in [-0.15, -0.1) is 0 Å². The number of amidine groups is 1. The molecule has 0 spiro atoms. The largest absolute Gasteiger partial charge is 0.317 e. The van der Waals surface area contributed by atoms with E-state index in [4.69, 9.17) is 0 Å². The highest BCUT2D eigenvalue weighted by molar-refractivity contribution is 7.78. The van der Waals surface area contributed by atoms with E-state index in [0.29, 0.717) is 0 Å². The van der Waals surface area contributed by atoms with E-state index < -0.39 is 0 Å². The van der Waals surface area contributed by atoms with E-state index in [1.165, 1.54) is 5.56 Å². The van der Waals surface area contributed by atoms with Gasteiger partial charge in [-0.1, -0.05) is 68.3 Å². The fraction of sp³-hybridized carbons (Fsp3) is 0.267. The van der Waals surface area contributed by atoms with Gasteiger partial charge in [0, 0.05) is 18.0 Å². The zero-order chi connectivity index (χ0) is 13.0. The molecule has 1 atom stereocenters. The smallest absolute Gasteiger partial charge is 0.137 e. The molecule has 0 saturated heterocycles. The molecule has 2 nitrogen and oxygen atoms in total. The summed E-state index contributed by atoms with van der Waals surface area (Å²) in [6.07, 6.45) is 7.53. The molecule has 0 amide bonds. The van der Waals surface area contributed by atoms with Crippen LogP contribution in [0, 0.1) is 0 Å². The Morgan fingerprint density at radius 1 is 1.33 bits per heavy atom. The summed E-state index contributed by atoms with van der Waals surface area (Å²) in [4.78, 5) is 4.16. The number of nitrogens with one attached hydrogen (secondary N) is 1. The number of hydrogen-bond donors (Lipinski definition) is 2. The Bertz CT molecular complexity index is 502. The van der Waals surface area contributed by atoms with E-state index in [9.17, 15) is 0 Å². The summed E-state index contributed by atoms with van der Waals surface area (Å²) in [5.74, 6) is 0.810. The lowest BCUT2D eigenvalue weighted by molar-refractivity contribution is 0.598. The molecule has 1 aromatic rings. The first-order chi connectivity index (χ1) is 8.69. The molecule has 1 N–H and O–H groups in total. The van der Waals surface area contributed by atoms with E-state index in [0.717, 1.165) is 17.8 Å². The van der Waals surface area contributed by atoms with Gasteiger partial charge in [-0.3, -0.25) is 4.99 Å². The fourth-order valence-corrected chi connectivity index (χ4v) is 2.41. The molecular formula is C15H18N2S. The zero-order valence-electron chi connectivity index (χ0n) is 10.7. The number of benzene rings is 1. The normalized spacial score (nSPS) is 23.7. The van der Waals surface area contributed by atoms with Crippen LogP contribution in [0.5, 0.6) is 0 Å². The predicted octanol–water partition coefficient (Wildman–Crippen LogP) is 3.29. The van der Waals surface area contributed by atoms with Crippen LogP contribution in [0.15, 0.2) is 59.1 Å². The summed E-state index contributed by atoms with van der Waals surface area (Å²) in [6.45, 7) is 2.25. The lowest BCUT2D eigenvalue weighted by Gasteiger charge is -2.28. The summed E-state index contributed by atoms with van der Waals surface area (Å²) < 4.78 is 2.81. The topological polar surface area (TPSA) is 24.4 Å². The van der Waals surface area contributed by atoms with Crippen LogP contribution in [0.1, 0.15) is 18.9 Å². The molecule has 1 unspecified atom stereocenters. The van der Waals surface area contributed by atoms with Crippen molar-refractivity contribution < 1.29 is 0 Å². The lowest BCUT2D eigenvalue weighted by atomic mass is 9.76. The molecule has 94 valence electrons. The van der Waals surface area contributed by atoms with Gasteiger partial charge in [-0.05, 0) is 12.0 Å². The molecular weight excluding hydrogens is 240 g/mol. The maximum Gasteiger partial charge on any atom is 0.137 e. The van der Waals surface area contributed by atoms with Gasteiger partial charge in [0.25, 0.3) is 0 Å². The van der Waals surface area contributed by atoms with Crippen LogP contribution >= 0.6 is 12.8 Å². The molecule has 0 radical (unpaired) electrons. The molecule has 0 heterocycles. The molecule has 1 aliphatic carbocycles. The van der Waals surface area contributed by atoms with E-state index in [-0.39, 0.29) is 5.41 Å². The number of hydrogen-bond acceptors (Lipinski definition) is 2. The zero-order valence-corrected chi connectivity index (χ0v) is 11.6. The Hall–Kier alpha value is -1.48. The quantitative estimate of drug-likeness (QED) is 0.475. The first-order valence-electron chi connectivity index (χ1n) is 6.02. The second-order valence-corrected chi connectivity index (χ2v) is 4.89. The molecule has 0 bridgehead atoms. The molecule has 1 aromatic carbocycles. The Morgan fingerprint density at radius 3 is 2.56 bits per heavy atom. The van der Waals surface area contributed by atoms with E-state index >= 15 is 0 Å². The Labute approximate surface area is 114 Å². The van der Waals surface area contributed by atoms with Gasteiger partial charge in [0.2, 0.25) is 0 Å². The van der Waals surface area contributed by atoms with E-state index in [2.05, 4.69) is 71.9 Å². The maximum absolute atomic E-state index is 4.16. The maximum atomic E-state index is 4.16. The van der Waals surface area contributed by atoms with Crippen molar-refractivity contribution in [3.05, 3.63) is 59.7 Å². The molecule has 18 heavy (non-hydrogen) atoms. The minimum absolute atomic E-state index is 0.0697. The van der Waals surface area contributed by atoms with Gasteiger partial charge < -0.3 is 4.72 Å². The van der Waals surface area contributed by atoms with E-state index in [1.807, 2.05) is 6.07 Å². The van der Waals surface area contributed by atoms with Crippen LogP contribution in [0.4, 0.5) is 0 Å². The van der Waals surface area contributed by atoms with Gasteiger partial charge >= 0.3 is 0 Å². The number of thiol groups is 1. The number of aliphatic imine (C=N–C) groups is 1. The van der Waals surface area contributed by atoms with Crippen molar-refractivity contribution in [3.63, 3.8) is 0 Å². The van der Waals surface area contributed by atoms with Crippen molar-refractivity contribution in [1.82, 2.24) is 4.72 Å². The molecule has 3 heteroatoms. The summed E-state index contributed by atoms with van der Waals surface area (Å²) >= 11 is 4.06. The summed E-state index contributed by atoms with van der Waals surface area (Å²) in [6, 6.07) is 10.6. The van der Waals surface area contributed by atoms with Crippen molar-refractivity contribution in [3.8, 4) is 0 Å². The van der Waals surface area contributed by atoms with Crippen LogP contribution in [-0.2, 0) is 5.41 Å². The first kappa shape index (κ1) is 13.0. The Balaban J connectivity index is 2.23. The fourth-order valence-electron chi connectivity index (χ4n) is 2.18. The predicted molar refractivity (Wildman–Crippen MR) is 81.1 cm³/mol. The molecule has 0 fully saturated rings. The number of allylic oxidation sites excluding steroid dienone is 2.